The van der Waals surface area contributed by atoms with Crippen molar-refractivity contribution in [1.29, 1.82) is 0 Å². The van der Waals surface area contributed by atoms with Crippen molar-refractivity contribution >= 4 is 14.0 Å². The third kappa shape index (κ3) is 4.93. The van der Waals surface area contributed by atoms with E-state index in [0.717, 1.165) is 18.1 Å². The lowest BCUT2D eigenvalue weighted by Gasteiger charge is -2.27. The van der Waals surface area contributed by atoms with Crippen LogP contribution in [0.1, 0.15) is 0 Å². The standard InChI is InChI=1S/C13H20O2Si/c1-5-9-16(10-6-2,11-7-3)12-15-13(14)8-4/h5-8H,1-4,9-12H2. The smallest absolute Gasteiger partial charge is 0.329 e. The number of esters is 1. The molecule has 0 spiro atoms. The molecule has 3 heteroatoms. The van der Waals surface area contributed by atoms with E-state index in [2.05, 4.69) is 26.3 Å². The molecule has 0 unspecified atom stereocenters. The molecule has 0 rings (SSSR count). The Hall–Kier alpha value is -1.35. The van der Waals surface area contributed by atoms with Crippen LogP contribution < -0.4 is 0 Å². The van der Waals surface area contributed by atoms with Crippen molar-refractivity contribution in [1.82, 2.24) is 0 Å². The number of hydrogen-bond acceptors (Lipinski definition) is 2. The van der Waals surface area contributed by atoms with Crippen LogP contribution in [-0.2, 0) is 9.53 Å². The number of carbonyl (C=O) groups excluding carboxylic acids is 1. The van der Waals surface area contributed by atoms with E-state index in [0.29, 0.717) is 6.23 Å². The molecule has 0 N–H and O–H groups in total. The molecule has 0 aromatic heterocycles. The molecule has 0 radical (unpaired) electrons. The molecule has 2 nitrogen and oxygen atoms in total. The fourth-order valence-electron chi connectivity index (χ4n) is 1.63. The first-order chi connectivity index (χ1) is 7.64. The van der Waals surface area contributed by atoms with E-state index >= 15 is 0 Å². The Balaban J connectivity index is 4.63. The number of ether oxygens (including phenoxy) is 1. The molecule has 0 aromatic carbocycles. The van der Waals surface area contributed by atoms with Gasteiger partial charge in [0.2, 0.25) is 0 Å². The van der Waals surface area contributed by atoms with E-state index in [1.807, 2.05) is 18.2 Å². The van der Waals surface area contributed by atoms with Crippen molar-refractivity contribution in [3.8, 4) is 0 Å². The van der Waals surface area contributed by atoms with Crippen LogP contribution in [0.3, 0.4) is 0 Å². The van der Waals surface area contributed by atoms with Crippen LogP contribution in [0.2, 0.25) is 18.1 Å². The van der Waals surface area contributed by atoms with Gasteiger partial charge < -0.3 is 4.74 Å². The van der Waals surface area contributed by atoms with Crippen LogP contribution in [0.25, 0.3) is 0 Å². The molecule has 0 fully saturated rings. The highest BCUT2D eigenvalue weighted by Crippen LogP contribution is 2.23. The second-order valence-corrected chi connectivity index (χ2v) is 8.30. The van der Waals surface area contributed by atoms with Crippen molar-refractivity contribution in [3.05, 3.63) is 50.6 Å². The maximum Gasteiger partial charge on any atom is 0.329 e. The maximum absolute atomic E-state index is 11.1. The number of carbonyl (C=O) groups is 1. The summed E-state index contributed by atoms with van der Waals surface area (Å²) in [7, 11) is -1.72. The summed E-state index contributed by atoms with van der Waals surface area (Å²) in [5.74, 6) is -0.367. The van der Waals surface area contributed by atoms with Crippen LogP contribution in [0, 0.1) is 0 Å². The van der Waals surface area contributed by atoms with Gasteiger partial charge in [0.25, 0.3) is 0 Å². The van der Waals surface area contributed by atoms with Gasteiger partial charge in [-0.2, -0.15) is 0 Å². The largest absolute Gasteiger partial charge is 0.466 e. The average Bonchev–Trinajstić information content (AvgIpc) is 2.27. The van der Waals surface area contributed by atoms with Crippen LogP contribution in [0.15, 0.2) is 50.6 Å². The lowest BCUT2D eigenvalue weighted by Crippen LogP contribution is -2.39. The van der Waals surface area contributed by atoms with Gasteiger partial charge in [0.15, 0.2) is 0 Å². The first-order valence-electron chi connectivity index (χ1n) is 5.26. The zero-order valence-electron chi connectivity index (χ0n) is 9.78. The zero-order valence-corrected chi connectivity index (χ0v) is 10.8. The quantitative estimate of drug-likeness (QED) is 0.266. The highest BCUT2D eigenvalue weighted by atomic mass is 28.3. The fourth-order valence-corrected chi connectivity index (χ4v) is 4.77. The zero-order chi connectivity index (χ0) is 12.4. The lowest BCUT2D eigenvalue weighted by molar-refractivity contribution is -0.136. The van der Waals surface area contributed by atoms with Gasteiger partial charge in [-0.1, -0.05) is 24.8 Å². The monoisotopic (exact) mass is 236 g/mol. The molecule has 0 bridgehead atoms. The molecule has 0 aliphatic rings. The van der Waals surface area contributed by atoms with Gasteiger partial charge >= 0.3 is 5.97 Å². The summed E-state index contributed by atoms with van der Waals surface area (Å²) in [6.45, 7) is 14.7. The maximum atomic E-state index is 11.1. The predicted molar refractivity (Wildman–Crippen MR) is 71.9 cm³/mol. The van der Waals surface area contributed by atoms with E-state index in [4.69, 9.17) is 4.74 Å². The van der Waals surface area contributed by atoms with Gasteiger partial charge in [0, 0.05) is 6.08 Å². The van der Waals surface area contributed by atoms with E-state index in [1.54, 1.807) is 0 Å². The van der Waals surface area contributed by atoms with Crippen molar-refractivity contribution in [3.63, 3.8) is 0 Å². The molecule has 0 saturated heterocycles. The van der Waals surface area contributed by atoms with Gasteiger partial charge in [0.05, 0.1) is 6.23 Å². The highest BCUT2D eigenvalue weighted by Gasteiger charge is 2.30. The summed E-state index contributed by atoms with van der Waals surface area (Å²) in [6, 6.07) is 2.69. The molecular formula is C13H20O2Si. The first-order valence-corrected chi connectivity index (χ1v) is 8.09. The molecule has 0 aromatic rings. The van der Waals surface area contributed by atoms with Crippen molar-refractivity contribution < 1.29 is 9.53 Å². The van der Waals surface area contributed by atoms with Crippen LogP contribution in [-0.4, -0.2) is 20.3 Å². The Morgan fingerprint density at radius 3 is 1.75 bits per heavy atom. The first kappa shape index (κ1) is 14.6. The minimum Gasteiger partial charge on any atom is -0.466 e. The minimum atomic E-state index is -1.72. The molecule has 0 saturated carbocycles. The Bertz CT molecular complexity index is 255. The number of hydrogen-bond donors (Lipinski definition) is 0. The molecule has 0 aliphatic heterocycles. The predicted octanol–water partition coefficient (Wildman–Crippen LogP) is 3.26. The molecule has 0 heterocycles. The summed E-state index contributed by atoms with van der Waals surface area (Å²) in [4.78, 5) is 11.1. The third-order valence-electron chi connectivity index (χ3n) is 2.42. The Morgan fingerprint density at radius 2 is 1.44 bits per heavy atom. The van der Waals surface area contributed by atoms with Crippen LogP contribution in [0.5, 0.6) is 0 Å². The van der Waals surface area contributed by atoms with E-state index in [1.165, 1.54) is 6.08 Å². The second kappa shape index (κ2) is 7.88. The van der Waals surface area contributed by atoms with E-state index in [-0.39, 0.29) is 5.97 Å². The molecule has 0 aliphatic carbocycles. The second-order valence-electron chi connectivity index (χ2n) is 3.79. The summed E-state index contributed by atoms with van der Waals surface area (Å²) >= 11 is 0. The summed E-state index contributed by atoms with van der Waals surface area (Å²) < 4.78 is 5.18. The van der Waals surface area contributed by atoms with Crippen LogP contribution in [0.4, 0.5) is 0 Å². The summed E-state index contributed by atoms with van der Waals surface area (Å²) in [5.41, 5.74) is 0. The van der Waals surface area contributed by atoms with E-state index < -0.39 is 8.07 Å². The minimum absolute atomic E-state index is 0.367. The fraction of sp³-hybridized carbons (Fsp3) is 0.308. The van der Waals surface area contributed by atoms with Crippen LogP contribution >= 0.6 is 0 Å². The molecule has 0 amide bonds. The summed E-state index contributed by atoms with van der Waals surface area (Å²) in [6.07, 6.45) is 7.33. The van der Waals surface area contributed by atoms with E-state index in [9.17, 15) is 4.79 Å². The van der Waals surface area contributed by atoms with Crippen molar-refractivity contribution in [2.24, 2.45) is 0 Å². The molecule has 88 valence electrons. The Kier molecular flexibility index (Phi) is 7.21. The third-order valence-corrected chi connectivity index (χ3v) is 6.64. The van der Waals surface area contributed by atoms with Gasteiger partial charge in [-0.05, 0) is 18.1 Å². The SMILES string of the molecule is C=CC[Si](CC=C)(CC=C)COC(=O)C=C. The lowest BCUT2D eigenvalue weighted by atomic mass is 10.7. The van der Waals surface area contributed by atoms with Gasteiger partial charge in [-0.25, -0.2) is 4.79 Å². The number of rotatable bonds is 9. The van der Waals surface area contributed by atoms with Gasteiger partial charge in [-0.15, -0.1) is 19.7 Å². The molecule has 0 atom stereocenters. The Morgan fingerprint density at radius 1 is 1.00 bits per heavy atom. The number of allylic oxidation sites excluding steroid dienone is 3. The molecule has 16 heavy (non-hydrogen) atoms. The summed E-state index contributed by atoms with van der Waals surface area (Å²) in [5, 5.41) is 0. The van der Waals surface area contributed by atoms with Crippen molar-refractivity contribution in [2.45, 2.75) is 18.1 Å². The van der Waals surface area contributed by atoms with Gasteiger partial charge in [-0.3, -0.25) is 0 Å². The Labute approximate surface area is 99.0 Å². The van der Waals surface area contributed by atoms with Gasteiger partial charge in [0.1, 0.15) is 8.07 Å². The topological polar surface area (TPSA) is 26.3 Å². The average molecular weight is 236 g/mol. The normalized spacial score (nSPS) is 10.2. The van der Waals surface area contributed by atoms with Crippen molar-refractivity contribution in [2.75, 3.05) is 6.23 Å². The molecular weight excluding hydrogens is 216 g/mol. The highest BCUT2D eigenvalue weighted by molar-refractivity contribution is 6.81.